The molecule has 0 aromatic carbocycles. The zero-order valence-corrected chi connectivity index (χ0v) is 10.6. The zero-order chi connectivity index (χ0) is 12.2. The van der Waals surface area contributed by atoms with Crippen molar-refractivity contribution in [1.82, 2.24) is 5.32 Å². The number of amides is 1. The number of carbonyl (C=O) groups is 1. The highest BCUT2D eigenvalue weighted by atomic mass is 16.5. The van der Waals surface area contributed by atoms with Gasteiger partial charge >= 0.3 is 0 Å². The zero-order valence-electron chi connectivity index (χ0n) is 10.6. The first kappa shape index (κ1) is 13.5. The van der Waals surface area contributed by atoms with Gasteiger partial charge in [0.1, 0.15) is 5.54 Å². The van der Waals surface area contributed by atoms with Crippen LogP contribution in [0.1, 0.15) is 40.0 Å². The van der Waals surface area contributed by atoms with E-state index in [1.807, 2.05) is 0 Å². The second-order valence-electron chi connectivity index (χ2n) is 4.98. The molecule has 4 heteroatoms. The van der Waals surface area contributed by atoms with Gasteiger partial charge in [0, 0.05) is 13.0 Å². The van der Waals surface area contributed by atoms with E-state index in [4.69, 9.17) is 10.5 Å². The van der Waals surface area contributed by atoms with Gasteiger partial charge in [-0.05, 0) is 25.3 Å². The van der Waals surface area contributed by atoms with Gasteiger partial charge in [0.05, 0.1) is 6.10 Å². The monoisotopic (exact) mass is 228 g/mol. The highest BCUT2D eigenvalue weighted by Gasteiger charge is 2.42. The standard InChI is InChI=1S/C12H24N2O2/c1-4-6-14-12(11(13)15)5-7-16-10(8-12)9(2)3/h9-10,14H,4-8H2,1-3H3,(H2,13,15). The first-order valence-corrected chi connectivity index (χ1v) is 6.18. The molecule has 94 valence electrons. The van der Waals surface area contributed by atoms with Crippen LogP contribution in [0.2, 0.25) is 0 Å². The number of rotatable bonds is 5. The molecule has 2 unspecified atom stereocenters. The number of hydrogen-bond donors (Lipinski definition) is 2. The second-order valence-corrected chi connectivity index (χ2v) is 4.98. The van der Waals surface area contributed by atoms with Crippen LogP contribution in [0.3, 0.4) is 0 Å². The maximum absolute atomic E-state index is 11.7. The van der Waals surface area contributed by atoms with Crippen LogP contribution in [0, 0.1) is 5.92 Å². The molecular formula is C12H24N2O2. The highest BCUT2D eigenvalue weighted by Crippen LogP contribution is 2.28. The predicted octanol–water partition coefficient (Wildman–Crippen LogP) is 1.05. The van der Waals surface area contributed by atoms with Crippen molar-refractivity contribution in [2.24, 2.45) is 11.7 Å². The van der Waals surface area contributed by atoms with Gasteiger partial charge in [0.25, 0.3) is 0 Å². The Morgan fingerprint density at radius 2 is 2.31 bits per heavy atom. The maximum Gasteiger partial charge on any atom is 0.237 e. The van der Waals surface area contributed by atoms with Crippen LogP contribution in [0.5, 0.6) is 0 Å². The molecular weight excluding hydrogens is 204 g/mol. The van der Waals surface area contributed by atoms with E-state index in [2.05, 4.69) is 26.1 Å². The summed E-state index contributed by atoms with van der Waals surface area (Å²) in [4.78, 5) is 11.7. The van der Waals surface area contributed by atoms with Gasteiger partial charge < -0.3 is 15.8 Å². The Morgan fingerprint density at radius 3 is 2.81 bits per heavy atom. The molecule has 1 aliphatic heterocycles. The van der Waals surface area contributed by atoms with Crippen molar-refractivity contribution in [3.8, 4) is 0 Å². The van der Waals surface area contributed by atoms with E-state index in [0.717, 1.165) is 13.0 Å². The molecule has 3 N–H and O–H groups in total. The summed E-state index contributed by atoms with van der Waals surface area (Å²) >= 11 is 0. The Hall–Kier alpha value is -0.610. The molecule has 0 aromatic heterocycles. The number of primary amides is 1. The largest absolute Gasteiger partial charge is 0.378 e. The van der Waals surface area contributed by atoms with Gasteiger partial charge in [0.15, 0.2) is 0 Å². The Bertz CT molecular complexity index is 243. The minimum absolute atomic E-state index is 0.130. The van der Waals surface area contributed by atoms with E-state index in [0.29, 0.717) is 25.4 Å². The van der Waals surface area contributed by atoms with Crippen molar-refractivity contribution in [2.45, 2.75) is 51.7 Å². The average Bonchev–Trinajstić information content (AvgIpc) is 2.26. The molecule has 0 aliphatic carbocycles. The summed E-state index contributed by atoms with van der Waals surface area (Å²) in [5, 5.41) is 3.31. The summed E-state index contributed by atoms with van der Waals surface area (Å²) in [7, 11) is 0. The van der Waals surface area contributed by atoms with Crippen LogP contribution in [0.25, 0.3) is 0 Å². The van der Waals surface area contributed by atoms with Gasteiger partial charge in [-0.1, -0.05) is 20.8 Å². The van der Waals surface area contributed by atoms with E-state index in [-0.39, 0.29) is 12.0 Å². The molecule has 16 heavy (non-hydrogen) atoms. The molecule has 1 aliphatic rings. The first-order valence-electron chi connectivity index (χ1n) is 6.18. The molecule has 0 spiro atoms. The number of nitrogens with two attached hydrogens (primary N) is 1. The van der Waals surface area contributed by atoms with Gasteiger partial charge in [-0.15, -0.1) is 0 Å². The average molecular weight is 228 g/mol. The van der Waals surface area contributed by atoms with E-state index in [1.54, 1.807) is 0 Å². The Morgan fingerprint density at radius 1 is 1.62 bits per heavy atom. The van der Waals surface area contributed by atoms with Crippen LogP contribution in [0.15, 0.2) is 0 Å². The lowest BCUT2D eigenvalue weighted by atomic mass is 9.82. The third kappa shape index (κ3) is 2.95. The van der Waals surface area contributed by atoms with Crippen molar-refractivity contribution in [3.63, 3.8) is 0 Å². The van der Waals surface area contributed by atoms with E-state index in [1.165, 1.54) is 0 Å². The fourth-order valence-corrected chi connectivity index (χ4v) is 2.15. The predicted molar refractivity (Wildman–Crippen MR) is 64.0 cm³/mol. The van der Waals surface area contributed by atoms with Crippen molar-refractivity contribution in [1.29, 1.82) is 0 Å². The molecule has 1 saturated heterocycles. The van der Waals surface area contributed by atoms with Gasteiger partial charge in [-0.2, -0.15) is 0 Å². The summed E-state index contributed by atoms with van der Waals surface area (Å²) in [6, 6.07) is 0. The SMILES string of the molecule is CCCNC1(C(N)=O)CCOC(C(C)C)C1. The molecule has 1 heterocycles. The summed E-state index contributed by atoms with van der Waals surface area (Å²) in [5.74, 6) is 0.178. The Balaban J connectivity index is 2.72. The van der Waals surface area contributed by atoms with Crippen molar-refractivity contribution in [2.75, 3.05) is 13.2 Å². The third-order valence-electron chi connectivity index (χ3n) is 3.34. The van der Waals surface area contributed by atoms with Crippen LogP contribution >= 0.6 is 0 Å². The molecule has 0 radical (unpaired) electrons. The second kappa shape index (κ2) is 5.64. The number of hydrogen-bond acceptors (Lipinski definition) is 3. The minimum atomic E-state index is -0.552. The lowest BCUT2D eigenvalue weighted by Crippen LogP contribution is -2.60. The van der Waals surface area contributed by atoms with Gasteiger partial charge in [-0.3, -0.25) is 4.79 Å². The van der Waals surface area contributed by atoms with E-state index in [9.17, 15) is 4.79 Å². The van der Waals surface area contributed by atoms with Gasteiger partial charge in [0.2, 0.25) is 5.91 Å². The van der Waals surface area contributed by atoms with E-state index >= 15 is 0 Å². The molecule has 1 fully saturated rings. The molecule has 0 bridgehead atoms. The lowest BCUT2D eigenvalue weighted by Gasteiger charge is -2.40. The van der Waals surface area contributed by atoms with Crippen molar-refractivity contribution >= 4 is 5.91 Å². The molecule has 1 amide bonds. The summed E-state index contributed by atoms with van der Waals surface area (Å²) < 4.78 is 5.68. The molecule has 0 aromatic rings. The quantitative estimate of drug-likeness (QED) is 0.739. The van der Waals surface area contributed by atoms with Crippen LogP contribution in [-0.4, -0.2) is 30.7 Å². The Labute approximate surface area is 97.9 Å². The number of carbonyl (C=O) groups excluding carboxylic acids is 1. The molecule has 1 rings (SSSR count). The number of ether oxygens (including phenoxy) is 1. The first-order chi connectivity index (χ1) is 7.52. The smallest absolute Gasteiger partial charge is 0.237 e. The van der Waals surface area contributed by atoms with Gasteiger partial charge in [-0.25, -0.2) is 0 Å². The maximum atomic E-state index is 11.7. The molecule has 2 atom stereocenters. The van der Waals surface area contributed by atoms with Crippen LogP contribution in [-0.2, 0) is 9.53 Å². The molecule has 4 nitrogen and oxygen atoms in total. The fraction of sp³-hybridized carbons (Fsp3) is 0.917. The van der Waals surface area contributed by atoms with Crippen LogP contribution in [0.4, 0.5) is 0 Å². The third-order valence-corrected chi connectivity index (χ3v) is 3.34. The Kier molecular flexibility index (Phi) is 4.74. The molecule has 0 saturated carbocycles. The van der Waals surface area contributed by atoms with E-state index < -0.39 is 5.54 Å². The normalized spacial score (nSPS) is 30.6. The summed E-state index contributed by atoms with van der Waals surface area (Å²) in [6.45, 7) is 7.75. The summed E-state index contributed by atoms with van der Waals surface area (Å²) in [5.41, 5.74) is 5.00. The lowest BCUT2D eigenvalue weighted by molar-refractivity contribution is -0.133. The minimum Gasteiger partial charge on any atom is -0.378 e. The highest BCUT2D eigenvalue weighted by molar-refractivity contribution is 5.84. The number of nitrogens with one attached hydrogen (secondary N) is 1. The van der Waals surface area contributed by atoms with Crippen molar-refractivity contribution in [3.05, 3.63) is 0 Å². The topological polar surface area (TPSA) is 64.3 Å². The van der Waals surface area contributed by atoms with Crippen molar-refractivity contribution < 1.29 is 9.53 Å². The van der Waals surface area contributed by atoms with Crippen LogP contribution < -0.4 is 11.1 Å². The summed E-state index contributed by atoms with van der Waals surface area (Å²) in [6.07, 6.45) is 2.51. The fourth-order valence-electron chi connectivity index (χ4n) is 2.15.